The normalized spacial score (nSPS) is 20.9. The highest BCUT2D eigenvalue weighted by Crippen LogP contribution is 2.34. The predicted molar refractivity (Wildman–Crippen MR) is 96.3 cm³/mol. The molecule has 1 heterocycles. The molecule has 2 aliphatic rings. The van der Waals surface area contributed by atoms with Crippen molar-refractivity contribution < 1.29 is 13.2 Å². The van der Waals surface area contributed by atoms with Crippen LogP contribution >= 0.6 is 11.6 Å². The Morgan fingerprint density at radius 1 is 0.960 bits per heavy atom. The van der Waals surface area contributed by atoms with Gasteiger partial charge in [-0.05, 0) is 37.1 Å². The van der Waals surface area contributed by atoms with E-state index in [0.29, 0.717) is 5.69 Å². The fourth-order valence-electron chi connectivity index (χ4n) is 3.99. The zero-order valence-corrected chi connectivity index (χ0v) is 15.2. The van der Waals surface area contributed by atoms with E-state index >= 15 is 0 Å². The first-order valence-electron chi connectivity index (χ1n) is 9.27. The Labute approximate surface area is 152 Å². The van der Waals surface area contributed by atoms with Crippen molar-refractivity contribution in [3.05, 3.63) is 28.8 Å². The Hall–Kier alpha value is -0.940. The largest absolute Gasteiger partial charge is 0.416 e. The molecule has 0 aromatic heterocycles. The highest BCUT2D eigenvalue weighted by molar-refractivity contribution is 6.30. The molecule has 1 aliphatic carbocycles. The van der Waals surface area contributed by atoms with Gasteiger partial charge in [0.1, 0.15) is 0 Å². The summed E-state index contributed by atoms with van der Waals surface area (Å²) < 4.78 is 38.9. The fraction of sp³-hybridized carbons (Fsp3) is 0.684. The number of halogens is 4. The number of rotatable bonds is 4. The third-order valence-electron chi connectivity index (χ3n) is 5.53. The number of benzene rings is 1. The molecule has 0 amide bonds. The second-order valence-corrected chi connectivity index (χ2v) is 7.75. The molecule has 2 nitrogen and oxygen atoms in total. The van der Waals surface area contributed by atoms with E-state index in [4.69, 9.17) is 11.6 Å². The molecule has 1 saturated carbocycles. The van der Waals surface area contributed by atoms with Gasteiger partial charge in [0.05, 0.1) is 5.56 Å². The van der Waals surface area contributed by atoms with Crippen LogP contribution in [-0.2, 0) is 6.18 Å². The van der Waals surface area contributed by atoms with E-state index in [1.807, 2.05) is 4.90 Å². The van der Waals surface area contributed by atoms with Crippen LogP contribution in [-0.4, -0.2) is 37.6 Å². The SMILES string of the molecule is FC(F)(F)c1cc(Cl)cc(N2CCN(CCC3CCCCC3)CC2)c1. The lowest BCUT2D eigenvalue weighted by Gasteiger charge is -2.37. The van der Waals surface area contributed by atoms with Gasteiger partial charge >= 0.3 is 6.18 Å². The van der Waals surface area contributed by atoms with Crippen LogP contribution in [0.4, 0.5) is 18.9 Å². The molecule has 1 aliphatic heterocycles. The van der Waals surface area contributed by atoms with Crippen LogP contribution in [0.15, 0.2) is 18.2 Å². The van der Waals surface area contributed by atoms with Crippen LogP contribution in [0.5, 0.6) is 0 Å². The molecule has 0 unspecified atom stereocenters. The zero-order chi connectivity index (χ0) is 17.9. The van der Waals surface area contributed by atoms with Crippen molar-refractivity contribution in [2.24, 2.45) is 5.92 Å². The quantitative estimate of drug-likeness (QED) is 0.691. The van der Waals surface area contributed by atoms with Gasteiger partial charge in [-0.25, -0.2) is 0 Å². The van der Waals surface area contributed by atoms with Crippen molar-refractivity contribution in [3.63, 3.8) is 0 Å². The molecule has 1 aromatic rings. The summed E-state index contributed by atoms with van der Waals surface area (Å²) in [5, 5.41) is 0.143. The van der Waals surface area contributed by atoms with Crippen molar-refractivity contribution in [2.75, 3.05) is 37.6 Å². The lowest BCUT2D eigenvalue weighted by molar-refractivity contribution is -0.137. The number of piperazine rings is 1. The molecule has 0 N–H and O–H groups in total. The Morgan fingerprint density at radius 2 is 1.64 bits per heavy atom. The second-order valence-electron chi connectivity index (χ2n) is 7.32. The van der Waals surface area contributed by atoms with Crippen molar-refractivity contribution >= 4 is 17.3 Å². The molecule has 0 bridgehead atoms. The van der Waals surface area contributed by atoms with Gasteiger partial charge in [0.15, 0.2) is 0 Å². The molecule has 0 spiro atoms. The molecule has 3 rings (SSSR count). The number of hydrogen-bond acceptors (Lipinski definition) is 2. The maximum Gasteiger partial charge on any atom is 0.416 e. The summed E-state index contributed by atoms with van der Waals surface area (Å²) in [6.45, 7) is 4.42. The lowest BCUT2D eigenvalue weighted by atomic mass is 9.87. The molecular formula is C19H26ClF3N2. The van der Waals surface area contributed by atoms with Crippen LogP contribution in [0.25, 0.3) is 0 Å². The van der Waals surface area contributed by atoms with Crippen molar-refractivity contribution in [3.8, 4) is 0 Å². The fourth-order valence-corrected chi connectivity index (χ4v) is 4.22. The van der Waals surface area contributed by atoms with E-state index in [1.54, 1.807) is 6.07 Å². The zero-order valence-electron chi connectivity index (χ0n) is 14.5. The average molecular weight is 375 g/mol. The molecule has 0 radical (unpaired) electrons. The van der Waals surface area contributed by atoms with Crippen LogP contribution in [0, 0.1) is 5.92 Å². The minimum absolute atomic E-state index is 0.143. The summed E-state index contributed by atoms with van der Waals surface area (Å²) in [5.41, 5.74) is -0.0958. The summed E-state index contributed by atoms with van der Waals surface area (Å²) in [5.74, 6) is 0.869. The summed E-state index contributed by atoms with van der Waals surface area (Å²) in [6, 6.07) is 3.84. The minimum Gasteiger partial charge on any atom is -0.369 e. The van der Waals surface area contributed by atoms with E-state index in [2.05, 4.69) is 4.90 Å². The van der Waals surface area contributed by atoms with Gasteiger partial charge in [-0.2, -0.15) is 13.2 Å². The smallest absolute Gasteiger partial charge is 0.369 e. The van der Waals surface area contributed by atoms with Gasteiger partial charge in [0, 0.05) is 36.9 Å². The third kappa shape index (κ3) is 5.27. The molecule has 25 heavy (non-hydrogen) atoms. The number of anilines is 1. The van der Waals surface area contributed by atoms with E-state index < -0.39 is 11.7 Å². The average Bonchev–Trinajstić information content (AvgIpc) is 2.60. The van der Waals surface area contributed by atoms with Crippen molar-refractivity contribution in [2.45, 2.75) is 44.7 Å². The molecule has 6 heteroatoms. The lowest BCUT2D eigenvalue weighted by Crippen LogP contribution is -2.47. The standard InChI is InChI=1S/C19H26ClF3N2/c20-17-12-16(19(21,22)23)13-18(14-17)25-10-8-24(9-11-25)7-6-15-4-2-1-3-5-15/h12-15H,1-11H2. The molecule has 1 saturated heterocycles. The van der Waals surface area contributed by atoms with E-state index in [1.165, 1.54) is 44.6 Å². The summed E-state index contributed by atoms with van der Waals surface area (Å²) in [7, 11) is 0. The number of hydrogen-bond donors (Lipinski definition) is 0. The van der Waals surface area contributed by atoms with Gasteiger partial charge in [-0.1, -0.05) is 43.7 Å². The van der Waals surface area contributed by atoms with Gasteiger partial charge in [0.25, 0.3) is 0 Å². The van der Waals surface area contributed by atoms with Crippen LogP contribution in [0.2, 0.25) is 5.02 Å². The Bertz CT molecular complexity index is 562. The third-order valence-corrected chi connectivity index (χ3v) is 5.74. The van der Waals surface area contributed by atoms with Gasteiger partial charge in [0.2, 0.25) is 0 Å². The maximum atomic E-state index is 13.0. The highest BCUT2D eigenvalue weighted by Gasteiger charge is 2.32. The van der Waals surface area contributed by atoms with Gasteiger partial charge in [-0.3, -0.25) is 4.90 Å². The maximum absolute atomic E-state index is 13.0. The molecule has 0 atom stereocenters. The van der Waals surface area contributed by atoms with Crippen LogP contribution < -0.4 is 4.90 Å². The predicted octanol–water partition coefficient (Wildman–Crippen LogP) is 5.45. The summed E-state index contributed by atoms with van der Waals surface area (Å²) >= 11 is 5.90. The highest BCUT2D eigenvalue weighted by atomic mass is 35.5. The number of nitrogens with zero attached hydrogens (tertiary/aromatic N) is 2. The Kier molecular flexibility index (Phi) is 6.16. The topological polar surface area (TPSA) is 6.48 Å². The first kappa shape index (κ1) is 18.8. The minimum atomic E-state index is -4.36. The van der Waals surface area contributed by atoms with Crippen molar-refractivity contribution in [1.29, 1.82) is 0 Å². The van der Waals surface area contributed by atoms with Crippen LogP contribution in [0.3, 0.4) is 0 Å². The Balaban J connectivity index is 1.52. The molecule has 1 aromatic carbocycles. The molecule has 140 valence electrons. The van der Waals surface area contributed by atoms with E-state index in [0.717, 1.165) is 44.7 Å². The summed E-state index contributed by atoms with van der Waals surface area (Å²) in [6.07, 6.45) is 3.75. The van der Waals surface area contributed by atoms with Crippen LogP contribution in [0.1, 0.15) is 44.1 Å². The molecule has 2 fully saturated rings. The monoisotopic (exact) mass is 374 g/mol. The summed E-state index contributed by atoms with van der Waals surface area (Å²) in [4.78, 5) is 4.46. The first-order chi connectivity index (χ1) is 11.9. The second kappa shape index (κ2) is 8.17. The molecular weight excluding hydrogens is 349 g/mol. The van der Waals surface area contributed by atoms with Gasteiger partial charge < -0.3 is 4.90 Å². The van der Waals surface area contributed by atoms with E-state index in [9.17, 15) is 13.2 Å². The van der Waals surface area contributed by atoms with E-state index in [-0.39, 0.29) is 5.02 Å². The first-order valence-corrected chi connectivity index (χ1v) is 9.65. The Morgan fingerprint density at radius 3 is 2.28 bits per heavy atom. The van der Waals surface area contributed by atoms with Gasteiger partial charge in [-0.15, -0.1) is 0 Å². The number of alkyl halides is 3. The van der Waals surface area contributed by atoms with Crippen molar-refractivity contribution in [1.82, 2.24) is 4.90 Å².